The highest BCUT2D eigenvalue weighted by Crippen LogP contribution is 2.59. The lowest BCUT2D eigenvalue weighted by Crippen LogP contribution is -2.50. The smallest absolute Gasteiger partial charge is 0.142 e. The van der Waals surface area contributed by atoms with Crippen LogP contribution < -0.4 is 9.64 Å². The zero-order valence-corrected chi connectivity index (χ0v) is 14.9. The molecule has 22 heavy (non-hydrogen) atoms. The van der Waals surface area contributed by atoms with E-state index in [1.807, 2.05) is 0 Å². The normalized spacial score (nSPS) is 24.7. The number of hydrogen-bond acceptors (Lipinski definition) is 3. The molecule has 0 aromatic heterocycles. The molecule has 0 spiro atoms. The van der Waals surface area contributed by atoms with E-state index in [1.54, 1.807) is 7.11 Å². The van der Waals surface area contributed by atoms with E-state index in [2.05, 4.69) is 75.7 Å². The van der Waals surface area contributed by atoms with Crippen LogP contribution >= 0.6 is 0 Å². The molecule has 0 N–H and O–H groups in total. The second-order valence-electron chi connectivity index (χ2n) is 7.45. The third-order valence-electron chi connectivity index (χ3n) is 6.10. The van der Waals surface area contributed by atoms with E-state index < -0.39 is 0 Å². The van der Waals surface area contributed by atoms with Crippen molar-refractivity contribution in [1.29, 1.82) is 0 Å². The summed E-state index contributed by atoms with van der Waals surface area (Å²) < 4.78 is 5.71. The van der Waals surface area contributed by atoms with E-state index in [4.69, 9.17) is 4.74 Å². The minimum Gasteiger partial charge on any atom is -0.495 e. The molecule has 3 heteroatoms. The monoisotopic (exact) mass is 300 g/mol. The molecule has 3 nitrogen and oxygen atoms in total. The topological polar surface area (TPSA) is 15.7 Å². The van der Waals surface area contributed by atoms with Gasteiger partial charge in [0, 0.05) is 29.3 Å². The van der Waals surface area contributed by atoms with Crippen molar-refractivity contribution in [2.75, 3.05) is 18.6 Å². The third kappa shape index (κ3) is 1.68. The molecule has 1 aromatic carbocycles. The van der Waals surface area contributed by atoms with Crippen LogP contribution in [0.3, 0.4) is 0 Å². The van der Waals surface area contributed by atoms with Crippen molar-refractivity contribution in [3.63, 3.8) is 0 Å². The molecule has 120 valence electrons. The Morgan fingerprint density at radius 2 is 1.82 bits per heavy atom. The lowest BCUT2D eigenvalue weighted by molar-refractivity contribution is 0.229. The van der Waals surface area contributed by atoms with Crippen molar-refractivity contribution in [2.45, 2.75) is 53.1 Å². The van der Waals surface area contributed by atoms with E-state index in [0.717, 1.165) is 12.3 Å². The molecular formula is C19H28N2O. The Balaban J connectivity index is 2.32. The van der Waals surface area contributed by atoms with E-state index in [1.165, 1.54) is 16.9 Å². The Kier molecular flexibility index (Phi) is 3.24. The van der Waals surface area contributed by atoms with Crippen molar-refractivity contribution >= 4 is 5.69 Å². The van der Waals surface area contributed by atoms with Gasteiger partial charge in [-0.2, -0.15) is 0 Å². The van der Waals surface area contributed by atoms with Gasteiger partial charge in [0.1, 0.15) is 11.9 Å². The van der Waals surface area contributed by atoms with E-state index in [0.29, 0.717) is 6.17 Å². The van der Waals surface area contributed by atoms with Crippen LogP contribution in [0.4, 0.5) is 5.69 Å². The Labute approximate surface area is 134 Å². The molecule has 3 rings (SSSR count). The van der Waals surface area contributed by atoms with Crippen molar-refractivity contribution in [1.82, 2.24) is 4.90 Å². The van der Waals surface area contributed by atoms with Crippen LogP contribution in [0.1, 0.15) is 47.1 Å². The first-order chi connectivity index (χ1) is 10.3. The van der Waals surface area contributed by atoms with Crippen LogP contribution in [0, 0.1) is 5.41 Å². The number of para-hydroxylation sites is 1. The van der Waals surface area contributed by atoms with Crippen LogP contribution in [-0.4, -0.2) is 24.7 Å². The summed E-state index contributed by atoms with van der Waals surface area (Å²) in [4.78, 5) is 4.89. The molecule has 0 bridgehead atoms. The SMILES string of the molecule is CCN1C=C2N(c3c(OC)cccc3C(C)(C)C2(C)C)[C@H]1C. The van der Waals surface area contributed by atoms with Gasteiger partial charge in [0.25, 0.3) is 0 Å². The highest BCUT2D eigenvalue weighted by atomic mass is 16.5. The molecule has 0 aliphatic carbocycles. The zero-order valence-electron chi connectivity index (χ0n) is 14.9. The highest BCUT2D eigenvalue weighted by molar-refractivity contribution is 5.74. The number of rotatable bonds is 2. The number of hydrogen-bond donors (Lipinski definition) is 0. The van der Waals surface area contributed by atoms with Gasteiger partial charge in [-0.05, 0) is 25.5 Å². The van der Waals surface area contributed by atoms with Gasteiger partial charge in [-0.15, -0.1) is 0 Å². The first kappa shape index (κ1) is 15.3. The predicted molar refractivity (Wildman–Crippen MR) is 92.2 cm³/mol. The lowest BCUT2D eigenvalue weighted by Gasteiger charge is -2.52. The van der Waals surface area contributed by atoms with Crippen LogP contribution in [0.2, 0.25) is 0 Å². The lowest BCUT2D eigenvalue weighted by atomic mass is 9.59. The van der Waals surface area contributed by atoms with Gasteiger partial charge in [0.15, 0.2) is 0 Å². The minimum atomic E-state index is 0.0443. The minimum absolute atomic E-state index is 0.0443. The first-order valence-corrected chi connectivity index (χ1v) is 8.22. The number of nitrogens with zero attached hydrogens (tertiary/aromatic N) is 2. The largest absolute Gasteiger partial charge is 0.495 e. The molecule has 0 amide bonds. The summed E-state index contributed by atoms with van der Waals surface area (Å²) in [6.07, 6.45) is 2.67. The molecule has 2 aliphatic heterocycles. The van der Waals surface area contributed by atoms with Gasteiger partial charge in [0.05, 0.1) is 12.8 Å². The van der Waals surface area contributed by atoms with Crippen molar-refractivity contribution in [3.8, 4) is 5.75 Å². The first-order valence-electron chi connectivity index (χ1n) is 8.22. The van der Waals surface area contributed by atoms with E-state index in [-0.39, 0.29) is 10.8 Å². The third-order valence-corrected chi connectivity index (χ3v) is 6.10. The average Bonchev–Trinajstić information content (AvgIpc) is 2.82. The Hall–Kier alpha value is -1.64. The molecule has 0 radical (unpaired) electrons. The standard InChI is InChI=1S/C19H28N2O/c1-8-20-12-16-19(5,6)18(3,4)14-10-9-11-15(22-7)17(14)21(16)13(20)2/h9-13H,8H2,1-7H3/t13-/m0/s1. The van der Waals surface area contributed by atoms with Crippen molar-refractivity contribution < 1.29 is 4.74 Å². The number of anilines is 1. The Morgan fingerprint density at radius 3 is 2.41 bits per heavy atom. The van der Waals surface area contributed by atoms with Gasteiger partial charge in [-0.25, -0.2) is 0 Å². The molecule has 0 unspecified atom stereocenters. The number of allylic oxidation sites excluding steroid dienone is 1. The number of benzene rings is 1. The summed E-state index contributed by atoms with van der Waals surface area (Å²) >= 11 is 0. The highest BCUT2D eigenvalue weighted by Gasteiger charge is 2.53. The summed E-state index contributed by atoms with van der Waals surface area (Å²) in [5.74, 6) is 0.969. The van der Waals surface area contributed by atoms with E-state index in [9.17, 15) is 0 Å². The van der Waals surface area contributed by atoms with Crippen molar-refractivity contribution in [3.05, 3.63) is 35.7 Å². The second-order valence-corrected chi connectivity index (χ2v) is 7.45. The number of ether oxygens (including phenoxy) is 1. The number of fused-ring (bicyclic) bond motifs is 3. The maximum Gasteiger partial charge on any atom is 0.142 e. The molecule has 0 saturated carbocycles. The van der Waals surface area contributed by atoms with Crippen molar-refractivity contribution in [2.24, 2.45) is 5.41 Å². The molecule has 1 atom stereocenters. The zero-order chi connectivity index (χ0) is 16.3. The molecule has 2 heterocycles. The fraction of sp³-hybridized carbons (Fsp3) is 0.579. The second kappa shape index (κ2) is 4.68. The summed E-state index contributed by atoms with van der Waals surface area (Å²) in [7, 11) is 1.77. The Morgan fingerprint density at radius 1 is 1.14 bits per heavy atom. The van der Waals surface area contributed by atoms with Crippen LogP contribution in [0.5, 0.6) is 5.75 Å². The Bertz CT molecular complexity index is 630. The predicted octanol–water partition coefficient (Wildman–Crippen LogP) is 4.34. The average molecular weight is 300 g/mol. The van der Waals surface area contributed by atoms with Gasteiger partial charge in [0.2, 0.25) is 0 Å². The summed E-state index contributed by atoms with van der Waals surface area (Å²) in [5, 5.41) is 0. The summed E-state index contributed by atoms with van der Waals surface area (Å²) in [6, 6.07) is 6.45. The van der Waals surface area contributed by atoms with Gasteiger partial charge in [-0.3, -0.25) is 0 Å². The van der Waals surface area contributed by atoms with Gasteiger partial charge >= 0.3 is 0 Å². The molecule has 0 fully saturated rings. The van der Waals surface area contributed by atoms with Crippen LogP contribution in [-0.2, 0) is 5.41 Å². The molecule has 2 aliphatic rings. The van der Waals surface area contributed by atoms with Crippen LogP contribution in [0.15, 0.2) is 30.1 Å². The summed E-state index contributed by atoms with van der Waals surface area (Å²) in [6.45, 7) is 14.9. The molecule has 0 saturated heterocycles. The van der Waals surface area contributed by atoms with Crippen LogP contribution in [0.25, 0.3) is 0 Å². The fourth-order valence-electron chi connectivity index (χ4n) is 3.90. The van der Waals surface area contributed by atoms with Gasteiger partial charge in [-0.1, -0.05) is 39.8 Å². The summed E-state index contributed by atoms with van der Waals surface area (Å²) in [5.41, 5.74) is 4.11. The maximum atomic E-state index is 5.71. The van der Waals surface area contributed by atoms with Gasteiger partial charge < -0.3 is 14.5 Å². The fourth-order valence-corrected chi connectivity index (χ4v) is 3.90. The van der Waals surface area contributed by atoms with E-state index >= 15 is 0 Å². The maximum absolute atomic E-state index is 5.71. The number of methoxy groups -OCH3 is 1. The quantitative estimate of drug-likeness (QED) is 0.808. The molecular weight excluding hydrogens is 272 g/mol. The molecule has 1 aromatic rings.